The number of ether oxygens (including phenoxy) is 2. The molecule has 10 nitrogen and oxygen atoms in total. The molecule has 2 fully saturated rings. The number of anilines is 1. The van der Waals surface area contributed by atoms with Gasteiger partial charge in [0.15, 0.2) is 0 Å². The van der Waals surface area contributed by atoms with Crippen LogP contribution in [0.25, 0.3) is 0 Å². The van der Waals surface area contributed by atoms with E-state index in [0.29, 0.717) is 38.2 Å². The van der Waals surface area contributed by atoms with Gasteiger partial charge in [0.05, 0.1) is 25.5 Å². The van der Waals surface area contributed by atoms with Crippen molar-refractivity contribution in [1.82, 2.24) is 20.6 Å². The Morgan fingerprint density at radius 2 is 1.83 bits per heavy atom. The van der Waals surface area contributed by atoms with Crippen molar-refractivity contribution in [3.05, 3.63) is 47.5 Å². The molecule has 1 aromatic heterocycles. The Morgan fingerprint density at radius 3 is 2.43 bits per heavy atom. The highest BCUT2D eigenvalue weighted by molar-refractivity contribution is 6.00. The summed E-state index contributed by atoms with van der Waals surface area (Å²) in [5.74, 6) is -1.70. The molecule has 1 saturated heterocycles. The van der Waals surface area contributed by atoms with E-state index >= 15 is 0 Å². The molecular formula is C24H28FN5O5. The van der Waals surface area contributed by atoms with E-state index in [-0.39, 0.29) is 29.0 Å². The fraction of sp³-hybridized carbons (Fsp3) is 0.458. The summed E-state index contributed by atoms with van der Waals surface area (Å²) >= 11 is 0. The van der Waals surface area contributed by atoms with E-state index in [4.69, 9.17) is 9.47 Å². The van der Waals surface area contributed by atoms with E-state index in [1.54, 1.807) is 12.1 Å². The third kappa shape index (κ3) is 5.33. The quantitative estimate of drug-likeness (QED) is 0.542. The first kappa shape index (κ1) is 24.4. The number of aromatic nitrogens is 2. The minimum atomic E-state index is -0.908. The van der Waals surface area contributed by atoms with Crippen molar-refractivity contribution >= 4 is 23.5 Å². The Bertz CT molecular complexity index is 1100. The Morgan fingerprint density at radius 1 is 1.14 bits per heavy atom. The lowest BCUT2D eigenvalue weighted by Gasteiger charge is -2.34. The minimum Gasteiger partial charge on any atom is -0.467 e. The molecule has 0 unspecified atom stereocenters. The highest BCUT2D eigenvalue weighted by atomic mass is 19.1. The lowest BCUT2D eigenvalue weighted by Crippen LogP contribution is -2.50. The molecule has 1 aliphatic heterocycles. The number of carbonyl (C=O) groups excluding carboxylic acids is 3. The Balaban J connectivity index is 1.28. The van der Waals surface area contributed by atoms with E-state index in [1.807, 2.05) is 4.90 Å². The van der Waals surface area contributed by atoms with Crippen molar-refractivity contribution in [2.24, 2.45) is 5.92 Å². The van der Waals surface area contributed by atoms with Gasteiger partial charge >= 0.3 is 12.0 Å². The second-order valence-electron chi connectivity index (χ2n) is 8.76. The molecule has 186 valence electrons. The molecule has 2 N–H and O–H groups in total. The monoisotopic (exact) mass is 485 g/mol. The molecule has 0 radical (unpaired) electrons. The highest BCUT2D eigenvalue weighted by Crippen LogP contribution is 2.36. The van der Waals surface area contributed by atoms with Gasteiger partial charge in [0, 0.05) is 32.0 Å². The number of methoxy groups -OCH3 is 2. The fourth-order valence-electron chi connectivity index (χ4n) is 4.23. The van der Waals surface area contributed by atoms with Crippen molar-refractivity contribution < 1.29 is 28.2 Å². The maximum Gasteiger partial charge on any atom is 0.342 e. The van der Waals surface area contributed by atoms with Gasteiger partial charge in [-0.05, 0) is 43.7 Å². The number of amides is 2. The summed E-state index contributed by atoms with van der Waals surface area (Å²) in [6, 6.07) is 4.69. The third-order valence-electron chi connectivity index (χ3n) is 6.50. The standard InChI is InChI=1S/C24H28FN5O5/c1-34-21(32)19-17(25)4-3-5-18(19)30-10-6-15(7-11-30)12-26-22(33)24(8-9-24)29-20(31)16-13-27-23(35-2)28-14-16/h3-5,13-15H,6-12H2,1-2H3,(H,26,33)(H,29,31). The van der Waals surface area contributed by atoms with E-state index < -0.39 is 23.2 Å². The van der Waals surface area contributed by atoms with Gasteiger partial charge < -0.3 is 25.0 Å². The van der Waals surface area contributed by atoms with Crippen LogP contribution in [-0.2, 0) is 9.53 Å². The zero-order valence-electron chi connectivity index (χ0n) is 19.7. The van der Waals surface area contributed by atoms with Crippen LogP contribution in [-0.4, -0.2) is 67.1 Å². The number of nitrogens with zero attached hydrogens (tertiary/aromatic N) is 3. The summed E-state index contributed by atoms with van der Waals surface area (Å²) in [6.07, 6.45) is 5.37. The zero-order valence-corrected chi connectivity index (χ0v) is 19.7. The molecule has 4 rings (SSSR count). The van der Waals surface area contributed by atoms with Gasteiger partial charge in [-0.15, -0.1) is 0 Å². The Kier molecular flexibility index (Phi) is 7.13. The number of hydrogen-bond acceptors (Lipinski definition) is 8. The number of hydrogen-bond donors (Lipinski definition) is 2. The number of rotatable bonds is 8. The van der Waals surface area contributed by atoms with Crippen LogP contribution < -0.4 is 20.3 Å². The van der Waals surface area contributed by atoms with E-state index in [2.05, 4.69) is 20.6 Å². The molecule has 2 amide bonds. The van der Waals surface area contributed by atoms with Crippen molar-refractivity contribution in [1.29, 1.82) is 0 Å². The van der Waals surface area contributed by atoms with E-state index in [1.165, 1.54) is 32.7 Å². The number of carbonyl (C=O) groups is 3. The minimum absolute atomic E-state index is 0.0598. The Labute approximate surface area is 202 Å². The van der Waals surface area contributed by atoms with Crippen molar-refractivity contribution in [2.75, 3.05) is 38.8 Å². The van der Waals surface area contributed by atoms with Crippen LogP contribution in [0.5, 0.6) is 6.01 Å². The number of piperidine rings is 1. The van der Waals surface area contributed by atoms with E-state index in [9.17, 15) is 18.8 Å². The predicted molar refractivity (Wildman–Crippen MR) is 124 cm³/mol. The van der Waals surface area contributed by atoms with Gasteiger partial charge in [-0.25, -0.2) is 19.2 Å². The van der Waals surface area contributed by atoms with Gasteiger partial charge in [-0.1, -0.05) is 6.07 Å². The summed E-state index contributed by atoms with van der Waals surface area (Å²) in [5.41, 5.74) is -0.202. The third-order valence-corrected chi connectivity index (χ3v) is 6.50. The highest BCUT2D eigenvalue weighted by Gasteiger charge is 2.51. The molecule has 2 aromatic rings. The first-order chi connectivity index (χ1) is 16.9. The average molecular weight is 486 g/mol. The maximum absolute atomic E-state index is 14.3. The molecule has 2 aliphatic rings. The molecule has 11 heteroatoms. The number of halogens is 1. The molecule has 1 aromatic carbocycles. The largest absolute Gasteiger partial charge is 0.467 e. The molecule has 2 heterocycles. The average Bonchev–Trinajstić information content (AvgIpc) is 3.67. The summed E-state index contributed by atoms with van der Waals surface area (Å²) in [6.45, 7) is 1.71. The molecule has 35 heavy (non-hydrogen) atoms. The Hall–Kier alpha value is -3.76. The number of nitrogens with one attached hydrogen (secondary N) is 2. The van der Waals surface area contributed by atoms with Gasteiger partial charge in [0.25, 0.3) is 5.91 Å². The number of benzene rings is 1. The van der Waals surface area contributed by atoms with Gasteiger partial charge in [0.1, 0.15) is 16.9 Å². The lowest BCUT2D eigenvalue weighted by molar-refractivity contribution is -0.124. The summed E-state index contributed by atoms with van der Waals surface area (Å²) < 4.78 is 23.9. The molecule has 1 aliphatic carbocycles. The predicted octanol–water partition coefficient (Wildman–Crippen LogP) is 1.71. The number of esters is 1. The van der Waals surface area contributed by atoms with E-state index in [0.717, 1.165) is 12.8 Å². The second kappa shape index (κ2) is 10.2. The fourth-order valence-corrected chi connectivity index (χ4v) is 4.23. The van der Waals surface area contributed by atoms with Crippen molar-refractivity contribution in [3.8, 4) is 6.01 Å². The molecule has 1 saturated carbocycles. The molecule has 0 spiro atoms. The van der Waals surface area contributed by atoms with Gasteiger partial charge in [-0.3, -0.25) is 9.59 Å². The maximum atomic E-state index is 14.3. The summed E-state index contributed by atoms with van der Waals surface area (Å²) in [4.78, 5) is 47.2. The van der Waals surface area contributed by atoms with Crippen LogP contribution in [0.15, 0.2) is 30.6 Å². The van der Waals surface area contributed by atoms with Gasteiger partial charge in [-0.2, -0.15) is 0 Å². The van der Waals surface area contributed by atoms with Crippen LogP contribution in [0.2, 0.25) is 0 Å². The second-order valence-corrected chi connectivity index (χ2v) is 8.76. The first-order valence-electron chi connectivity index (χ1n) is 11.5. The van der Waals surface area contributed by atoms with Crippen molar-refractivity contribution in [3.63, 3.8) is 0 Å². The van der Waals surface area contributed by atoms with Gasteiger partial charge in [0.2, 0.25) is 5.91 Å². The van der Waals surface area contributed by atoms with Crippen molar-refractivity contribution in [2.45, 2.75) is 31.2 Å². The SMILES string of the molecule is COC(=O)c1c(F)cccc1N1CCC(CNC(=O)C2(NC(=O)c3cnc(OC)nc3)CC2)CC1. The first-order valence-corrected chi connectivity index (χ1v) is 11.5. The molecule has 0 bridgehead atoms. The smallest absolute Gasteiger partial charge is 0.342 e. The zero-order chi connectivity index (χ0) is 25.0. The lowest BCUT2D eigenvalue weighted by atomic mass is 9.95. The van der Waals surface area contributed by atoms with Crippen LogP contribution >= 0.6 is 0 Å². The molecule has 0 atom stereocenters. The van der Waals surface area contributed by atoms with Crippen LogP contribution in [0.1, 0.15) is 46.4 Å². The van der Waals surface area contributed by atoms with Crippen LogP contribution in [0.3, 0.4) is 0 Å². The van der Waals surface area contributed by atoms with Crippen LogP contribution in [0, 0.1) is 11.7 Å². The normalized spacial score (nSPS) is 16.8. The van der Waals surface area contributed by atoms with Crippen LogP contribution in [0.4, 0.5) is 10.1 Å². The molecular weight excluding hydrogens is 457 g/mol. The summed E-state index contributed by atoms with van der Waals surface area (Å²) in [5, 5.41) is 5.78. The summed E-state index contributed by atoms with van der Waals surface area (Å²) in [7, 11) is 2.66. The topological polar surface area (TPSA) is 123 Å².